The fraction of sp³-hybridized carbons (Fsp3) is 0.188. The zero-order valence-electron chi connectivity index (χ0n) is 11.8. The van der Waals surface area contributed by atoms with Crippen molar-refractivity contribution in [2.45, 2.75) is 12.3 Å². The van der Waals surface area contributed by atoms with E-state index in [0.717, 1.165) is 0 Å². The van der Waals surface area contributed by atoms with Gasteiger partial charge in [0, 0.05) is 27.0 Å². The fourth-order valence-electron chi connectivity index (χ4n) is 2.31. The van der Waals surface area contributed by atoms with Gasteiger partial charge < -0.3 is 0 Å². The Bertz CT molecular complexity index is 749. The zero-order chi connectivity index (χ0) is 17.0. The number of hydrogen-bond acceptors (Lipinski definition) is 3. The van der Waals surface area contributed by atoms with Crippen LogP contribution in [0.1, 0.15) is 28.3 Å². The van der Waals surface area contributed by atoms with Crippen LogP contribution in [0.2, 0.25) is 15.1 Å². The van der Waals surface area contributed by atoms with Gasteiger partial charge in [-0.2, -0.15) is 0 Å². The number of carbonyl (C=O) groups is 1. The van der Waals surface area contributed by atoms with Gasteiger partial charge in [-0.25, -0.2) is 0 Å². The standard InChI is InChI=1S/C16H12Cl3NO3/c17-11-5-6-13(15(19)8-11)16(21)7-10(9-20(22)23)12-3-1-2-4-14(12)18/h1-6,8,10H,7,9H2/t10-/m1/s1. The third kappa shape index (κ3) is 4.67. The summed E-state index contributed by atoms with van der Waals surface area (Å²) in [6.45, 7) is -0.388. The molecule has 0 radical (unpaired) electrons. The predicted octanol–water partition coefficient (Wildman–Crippen LogP) is 5.28. The monoisotopic (exact) mass is 371 g/mol. The van der Waals surface area contributed by atoms with E-state index in [1.54, 1.807) is 30.3 Å². The van der Waals surface area contributed by atoms with Crippen LogP contribution in [0, 0.1) is 10.1 Å². The first-order chi connectivity index (χ1) is 10.9. The Hall–Kier alpha value is -1.62. The predicted molar refractivity (Wildman–Crippen MR) is 91.5 cm³/mol. The average molecular weight is 373 g/mol. The van der Waals surface area contributed by atoms with Crippen LogP contribution in [-0.4, -0.2) is 17.3 Å². The molecule has 0 aromatic heterocycles. The number of halogens is 3. The van der Waals surface area contributed by atoms with Crippen LogP contribution in [0.3, 0.4) is 0 Å². The van der Waals surface area contributed by atoms with Gasteiger partial charge >= 0.3 is 0 Å². The molecule has 2 aromatic rings. The Balaban J connectivity index is 2.29. The van der Waals surface area contributed by atoms with Crippen molar-refractivity contribution in [1.82, 2.24) is 0 Å². The summed E-state index contributed by atoms with van der Waals surface area (Å²) in [6.07, 6.45) is -0.0634. The van der Waals surface area contributed by atoms with E-state index in [9.17, 15) is 14.9 Å². The number of nitro groups is 1. The van der Waals surface area contributed by atoms with Crippen molar-refractivity contribution in [3.63, 3.8) is 0 Å². The normalized spacial score (nSPS) is 12.0. The topological polar surface area (TPSA) is 60.2 Å². The lowest BCUT2D eigenvalue weighted by atomic mass is 9.91. The van der Waals surface area contributed by atoms with E-state index >= 15 is 0 Å². The third-order valence-electron chi connectivity index (χ3n) is 3.38. The van der Waals surface area contributed by atoms with Gasteiger partial charge in [0.25, 0.3) is 0 Å². The van der Waals surface area contributed by atoms with Gasteiger partial charge in [-0.05, 0) is 29.8 Å². The molecular formula is C16H12Cl3NO3. The molecule has 0 unspecified atom stereocenters. The quantitative estimate of drug-likeness (QED) is 0.394. The van der Waals surface area contributed by atoms with Crippen molar-refractivity contribution in [3.8, 4) is 0 Å². The first-order valence-corrected chi connectivity index (χ1v) is 7.86. The van der Waals surface area contributed by atoms with E-state index in [-0.39, 0.29) is 29.3 Å². The van der Waals surface area contributed by atoms with Crippen LogP contribution in [-0.2, 0) is 0 Å². The van der Waals surface area contributed by atoms with Gasteiger partial charge in [0.2, 0.25) is 6.54 Å². The van der Waals surface area contributed by atoms with E-state index in [1.807, 2.05) is 0 Å². The van der Waals surface area contributed by atoms with Crippen LogP contribution in [0.15, 0.2) is 42.5 Å². The largest absolute Gasteiger partial charge is 0.294 e. The number of benzene rings is 2. The second kappa shape index (κ2) is 7.77. The minimum absolute atomic E-state index is 0.0634. The molecule has 0 bridgehead atoms. The number of rotatable bonds is 6. The van der Waals surface area contributed by atoms with E-state index in [1.165, 1.54) is 12.1 Å². The van der Waals surface area contributed by atoms with Gasteiger partial charge in [-0.1, -0.05) is 53.0 Å². The van der Waals surface area contributed by atoms with Crippen molar-refractivity contribution in [3.05, 3.63) is 78.8 Å². The molecule has 0 aliphatic heterocycles. The summed E-state index contributed by atoms with van der Waals surface area (Å²) in [6, 6.07) is 11.3. The maximum absolute atomic E-state index is 12.5. The lowest BCUT2D eigenvalue weighted by Crippen LogP contribution is -2.17. The first kappa shape index (κ1) is 17.7. The molecule has 0 N–H and O–H groups in total. The summed E-state index contributed by atoms with van der Waals surface area (Å²) in [4.78, 5) is 22.9. The fourth-order valence-corrected chi connectivity index (χ4v) is 3.11. The molecule has 0 saturated heterocycles. The lowest BCUT2D eigenvalue weighted by molar-refractivity contribution is -0.483. The van der Waals surface area contributed by atoms with E-state index in [0.29, 0.717) is 15.6 Å². The molecule has 23 heavy (non-hydrogen) atoms. The molecule has 0 aliphatic carbocycles. The summed E-state index contributed by atoms with van der Waals surface area (Å²) in [5, 5.41) is 12.0. The molecule has 7 heteroatoms. The Kier molecular flexibility index (Phi) is 5.99. The molecule has 120 valence electrons. The van der Waals surface area contributed by atoms with Crippen LogP contribution >= 0.6 is 34.8 Å². The van der Waals surface area contributed by atoms with E-state index in [4.69, 9.17) is 34.8 Å². The van der Waals surface area contributed by atoms with Crippen molar-refractivity contribution < 1.29 is 9.72 Å². The number of nitrogens with zero attached hydrogens (tertiary/aromatic N) is 1. The van der Waals surface area contributed by atoms with Crippen molar-refractivity contribution in [1.29, 1.82) is 0 Å². The number of carbonyl (C=O) groups excluding carboxylic acids is 1. The summed E-state index contributed by atoms with van der Waals surface area (Å²) in [5.41, 5.74) is 0.862. The Morgan fingerprint density at radius 1 is 1.09 bits per heavy atom. The molecule has 0 aliphatic rings. The molecule has 0 spiro atoms. The second-order valence-electron chi connectivity index (χ2n) is 4.99. The highest BCUT2D eigenvalue weighted by atomic mass is 35.5. The minimum atomic E-state index is -0.627. The minimum Gasteiger partial charge on any atom is -0.294 e. The lowest BCUT2D eigenvalue weighted by Gasteiger charge is -2.14. The molecule has 1 atom stereocenters. The molecule has 2 aromatic carbocycles. The molecule has 2 rings (SSSR count). The maximum Gasteiger partial charge on any atom is 0.211 e. The molecule has 0 amide bonds. The van der Waals surface area contributed by atoms with Crippen molar-refractivity contribution in [2.75, 3.05) is 6.54 Å². The number of ketones is 1. The summed E-state index contributed by atoms with van der Waals surface area (Å²) in [5.74, 6) is -0.920. The Morgan fingerprint density at radius 3 is 2.39 bits per heavy atom. The van der Waals surface area contributed by atoms with Crippen molar-refractivity contribution >= 4 is 40.6 Å². The second-order valence-corrected chi connectivity index (χ2v) is 6.24. The highest BCUT2D eigenvalue weighted by molar-refractivity contribution is 6.36. The van der Waals surface area contributed by atoms with Gasteiger partial charge in [0.05, 0.1) is 10.9 Å². The van der Waals surface area contributed by atoms with Gasteiger partial charge in [-0.3, -0.25) is 14.9 Å². The smallest absolute Gasteiger partial charge is 0.211 e. The summed E-state index contributed by atoms with van der Waals surface area (Å²) in [7, 11) is 0. The highest BCUT2D eigenvalue weighted by Crippen LogP contribution is 2.30. The zero-order valence-corrected chi connectivity index (χ0v) is 14.1. The average Bonchev–Trinajstić information content (AvgIpc) is 2.46. The third-order valence-corrected chi connectivity index (χ3v) is 4.27. The van der Waals surface area contributed by atoms with Gasteiger partial charge in [0.15, 0.2) is 5.78 Å². The van der Waals surface area contributed by atoms with Crippen LogP contribution in [0.5, 0.6) is 0 Å². The number of hydrogen-bond donors (Lipinski definition) is 0. The maximum atomic E-state index is 12.5. The molecule has 0 heterocycles. The van der Waals surface area contributed by atoms with Crippen LogP contribution in [0.4, 0.5) is 0 Å². The molecule has 0 saturated carbocycles. The summed E-state index contributed by atoms with van der Waals surface area (Å²) < 4.78 is 0. The van der Waals surface area contributed by atoms with Crippen LogP contribution < -0.4 is 0 Å². The Morgan fingerprint density at radius 2 is 1.78 bits per heavy atom. The highest BCUT2D eigenvalue weighted by Gasteiger charge is 2.25. The first-order valence-electron chi connectivity index (χ1n) is 6.73. The van der Waals surface area contributed by atoms with Crippen molar-refractivity contribution in [2.24, 2.45) is 0 Å². The van der Waals surface area contributed by atoms with E-state index < -0.39 is 10.8 Å². The van der Waals surface area contributed by atoms with Gasteiger partial charge in [0.1, 0.15) is 0 Å². The molecular weight excluding hydrogens is 361 g/mol. The molecule has 0 fully saturated rings. The van der Waals surface area contributed by atoms with Gasteiger partial charge in [-0.15, -0.1) is 0 Å². The molecule has 4 nitrogen and oxygen atoms in total. The van der Waals surface area contributed by atoms with Crippen LogP contribution in [0.25, 0.3) is 0 Å². The number of Topliss-reactive ketones (excluding diaryl/α,β-unsaturated/α-hetero) is 1. The summed E-state index contributed by atoms with van der Waals surface area (Å²) >= 11 is 17.9. The van der Waals surface area contributed by atoms with E-state index in [2.05, 4.69) is 0 Å². The SMILES string of the molecule is O=C(C[C@H](C[N+](=O)[O-])c1ccccc1Cl)c1ccc(Cl)cc1Cl. The Labute approximate surface area is 148 Å².